The summed E-state index contributed by atoms with van der Waals surface area (Å²) in [5.41, 5.74) is 29.7. The van der Waals surface area contributed by atoms with Gasteiger partial charge in [-0.2, -0.15) is 0 Å². The zero-order valence-corrected chi connectivity index (χ0v) is 71.2. The Morgan fingerprint density at radius 3 is 0.992 bits per heavy atom. The van der Waals surface area contributed by atoms with Gasteiger partial charge in [0.1, 0.15) is 34.1 Å². The third-order valence-electron chi connectivity index (χ3n) is 24.5. The molecule has 0 aliphatic rings. The number of H-pyrrole nitrogens is 1. The number of nitrogens with one attached hydrogen (secondary N) is 1. The van der Waals surface area contributed by atoms with Crippen molar-refractivity contribution in [1.82, 2.24) is 47.5 Å². The number of hydrogen-bond donors (Lipinski definition) is 1. The molecule has 0 spiro atoms. The summed E-state index contributed by atoms with van der Waals surface area (Å²) in [4.78, 5) is 40.2. The predicted octanol–water partition coefficient (Wildman–Crippen LogP) is 28.7. The van der Waals surface area contributed by atoms with Crippen LogP contribution in [0.15, 0.2) is 261 Å². The Bertz CT molecular complexity index is 7160. The maximum Gasteiger partial charge on any atom is 0.179 e. The summed E-state index contributed by atoms with van der Waals surface area (Å²) in [6.07, 6.45) is 15.9. The number of pyridine rings is 6. The molecule has 0 saturated carbocycles. The molecule has 0 bridgehead atoms. The van der Waals surface area contributed by atoms with E-state index in [1.165, 1.54) is 105 Å². The Morgan fingerprint density at radius 2 is 0.605 bits per heavy atom. The van der Waals surface area contributed by atoms with E-state index in [-0.39, 0.29) is 5.43 Å². The number of nitrogens with zero attached hydrogens (tertiary/aromatic N) is 9. The minimum atomic E-state index is 0.00115. The SMILES string of the molecule is CC(C)c1cccc(C(C)C)c1-c1cnc2c3cc(=O)ccc3c3cc[nH]cc3n12.CC(C)c1cccc(C(C)C)c1-c1cnc2c3cc(Oc4ccc5c6ccncc6n6c(-c7c(C(C)C)cccc7C(C)C)cnc6c5c4)ccc3c3ccccc3n12.Cc1ccc2c3ccccc3n3c(-c4c(C(C)C)cccc4C(C)C)cnc3c2c1. The summed E-state index contributed by atoms with van der Waals surface area (Å²) in [5, 5.41) is 13.4. The molecule has 0 fully saturated rings. The highest BCUT2D eigenvalue weighted by molar-refractivity contribution is 6.16. The average molecular weight is 1560 g/mol. The van der Waals surface area contributed by atoms with Gasteiger partial charge in [-0.1, -0.05) is 238 Å². The van der Waals surface area contributed by atoms with Crippen LogP contribution in [0.3, 0.4) is 0 Å². The van der Waals surface area contributed by atoms with Crippen LogP contribution in [0, 0.1) is 6.92 Å². The van der Waals surface area contributed by atoms with Crippen LogP contribution in [0.1, 0.15) is 208 Å². The molecule has 10 aromatic heterocycles. The summed E-state index contributed by atoms with van der Waals surface area (Å²) < 4.78 is 16.1. The number of aryl methyl sites for hydroxylation is 1. The Labute approximate surface area is 694 Å². The maximum atomic E-state index is 12.2. The first-order chi connectivity index (χ1) is 57.5. The van der Waals surface area contributed by atoms with Gasteiger partial charge in [-0.3, -0.25) is 27.4 Å². The molecule has 20 rings (SSSR count). The van der Waals surface area contributed by atoms with E-state index in [0.717, 1.165) is 111 Å². The quantitative estimate of drug-likeness (QED) is 0.108. The van der Waals surface area contributed by atoms with Crippen molar-refractivity contribution < 1.29 is 4.74 Å². The summed E-state index contributed by atoms with van der Waals surface area (Å²) in [5.74, 6) is 4.57. The van der Waals surface area contributed by atoms with Gasteiger partial charge in [0.25, 0.3) is 0 Å². The second kappa shape index (κ2) is 30.8. The molecule has 10 heterocycles. The second-order valence-corrected chi connectivity index (χ2v) is 34.8. The number of ether oxygens (including phenoxy) is 1. The molecule has 0 saturated heterocycles. The van der Waals surface area contributed by atoms with E-state index < -0.39 is 0 Å². The van der Waals surface area contributed by atoms with E-state index in [2.05, 4.69) is 346 Å². The van der Waals surface area contributed by atoms with Gasteiger partial charge in [-0.05, 0) is 205 Å². The molecular formula is C107H102N10O2. The molecule has 0 atom stereocenters. The minimum Gasteiger partial charge on any atom is -0.457 e. The summed E-state index contributed by atoms with van der Waals surface area (Å²) in [6, 6.07) is 73.1. The highest BCUT2D eigenvalue weighted by atomic mass is 16.5. The van der Waals surface area contributed by atoms with Crippen LogP contribution in [0.4, 0.5) is 0 Å². The number of para-hydroxylation sites is 2. The topological polar surface area (TPSA) is 124 Å². The Kier molecular flexibility index (Phi) is 20.0. The average Bonchev–Trinajstić information content (AvgIpc) is 1.63. The standard InChI is InChI=1S/C53H49N5O.C28H28N2.C26H25N3O/c1-30(2)36-14-11-15-37(31(3)4)50(36)48-28-55-52-44-25-34(19-21-40(44)42-13-9-10-18-46(42)57(48)52)59-35-20-22-41-43-23-24-54-27-47(43)58-49(29-56-53(58)45(41)26-35)51-38(32(5)6)16-12-17-39(51)33(7)8;1-17(2)20-10-8-11-21(18(3)4)27(20)26-16-29-28-24-15-19(5)13-14-22(24)23-9-6-7-12-25(23)30(26)28;1-15(2)18-6-5-7-19(16(3)4)25(18)24-14-28-26-22-12-17(30)8-9-20(22)21-10-11-27-13-23(21)29(24)26/h9-33H,1-8H3;6-18H,1-5H3;5-16,27H,1-4H3. The summed E-state index contributed by atoms with van der Waals surface area (Å²) >= 11 is 0. The normalized spacial score (nSPS) is 12.2. The lowest BCUT2D eigenvalue weighted by molar-refractivity contribution is 0.484. The Balaban J connectivity index is 0.000000136. The Morgan fingerprint density at radius 1 is 0.286 bits per heavy atom. The van der Waals surface area contributed by atoms with E-state index in [1.807, 2.05) is 43.2 Å². The van der Waals surface area contributed by atoms with Crippen LogP contribution in [0.5, 0.6) is 11.5 Å². The molecule has 0 amide bonds. The number of benzene rings is 10. The number of fused-ring (bicyclic) bond motifs is 24. The second-order valence-electron chi connectivity index (χ2n) is 34.8. The molecule has 12 heteroatoms. The number of aromatic nitrogens is 10. The van der Waals surface area contributed by atoms with Gasteiger partial charge in [-0.25, -0.2) is 19.9 Å². The molecule has 12 nitrogen and oxygen atoms in total. The number of aromatic amines is 1. The third-order valence-corrected chi connectivity index (χ3v) is 24.5. The van der Waals surface area contributed by atoms with Gasteiger partial charge in [0.2, 0.25) is 0 Å². The van der Waals surface area contributed by atoms with E-state index in [4.69, 9.17) is 24.7 Å². The Hall–Kier alpha value is -13.1. The summed E-state index contributed by atoms with van der Waals surface area (Å²) in [6.45, 7) is 38.4. The molecule has 592 valence electrons. The van der Waals surface area contributed by atoms with E-state index in [9.17, 15) is 4.79 Å². The van der Waals surface area contributed by atoms with Crippen LogP contribution in [0.25, 0.3) is 154 Å². The molecular weight excluding hydrogens is 1460 g/mol. The molecule has 10 aromatic carbocycles. The maximum absolute atomic E-state index is 12.2. The summed E-state index contributed by atoms with van der Waals surface area (Å²) in [7, 11) is 0. The zero-order valence-electron chi connectivity index (χ0n) is 71.2. The predicted molar refractivity (Wildman–Crippen MR) is 498 cm³/mol. The highest BCUT2D eigenvalue weighted by Crippen LogP contribution is 2.47. The minimum absolute atomic E-state index is 0.00115. The fourth-order valence-corrected chi connectivity index (χ4v) is 18.8. The van der Waals surface area contributed by atoms with Crippen LogP contribution in [0.2, 0.25) is 0 Å². The van der Waals surface area contributed by atoms with Crippen molar-refractivity contribution in [3.8, 4) is 56.5 Å². The highest BCUT2D eigenvalue weighted by Gasteiger charge is 2.28. The molecule has 0 unspecified atom stereocenters. The first-order valence-electron chi connectivity index (χ1n) is 42.4. The van der Waals surface area contributed by atoms with Crippen molar-refractivity contribution in [3.05, 3.63) is 316 Å². The van der Waals surface area contributed by atoms with Crippen LogP contribution in [-0.4, -0.2) is 47.5 Å². The smallest absolute Gasteiger partial charge is 0.179 e. The number of imidazole rings is 4. The van der Waals surface area contributed by atoms with Gasteiger partial charge in [0.15, 0.2) is 5.43 Å². The van der Waals surface area contributed by atoms with Gasteiger partial charge in [0, 0.05) is 83.9 Å². The van der Waals surface area contributed by atoms with E-state index in [1.54, 1.807) is 12.1 Å². The van der Waals surface area contributed by atoms with Gasteiger partial charge < -0.3 is 9.72 Å². The van der Waals surface area contributed by atoms with Crippen molar-refractivity contribution in [2.45, 2.75) is 165 Å². The van der Waals surface area contributed by atoms with Crippen molar-refractivity contribution in [2.24, 2.45) is 0 Å². The molecule has 20 aromatic rings. The monoisotopic (exact) mass is 1560 g/mol. The molecule has 1 N–H and O–H groups in total. The molecule has 0 aliphatic heterocycles. The third kappa shape index (κ3) is 13.1. The fourth-order valence-electron chi connectivity index (χ4n) is 18.8. The molecule has 0 aliphatic carbocycles. The van der Waals surface area contributed by atoms with Crippen molar-refractivity contribution in [2.75, 3.05) is 0 Å². The lowest BCUT2D eigenvalue weighted by Gasteiger charge is -2.20. The van der Waals surface area contributed by atoms with Crippen molar-refractivity contribution in [1.29, 1.82) is 0 Å². The van der Waals surface area contributed by atoms with Gasteiger partial charge in [0.05, 0.1) is 75.8 Å². The van der Waals surface area contributed by atoms with Crippen molar-refractivity contribution >= 4 is 109 Å². The van der Waals surface area contributed by atoms with Gasteiger partial charge in [-0.15, -0.1) is 0 Å². The van der Waals surface area contributed by atoms with E-state index >= 15 is 0 Å². The van der Waals surface area contributed by atoms with Crippen LogP contribution >= 0.6 is 0 Å². The van der Waals surface area contributed by atoms with Crippen molar-refractivity contribution in [3.63, 3.8) is 0 Å². The van der Waals surface area contributed by atoms with Crippen LogP contribution < -0.4 is 10.2 Å². The van der Waals surface area contributed by atoms with Crippen LogP contribution in [-0.2, 0) is 0 Å². The van der Waals surface area contributed by atoms with E-state index in [0.29, 0.717) is 47.3 Å². The van der Waals surface area contributed by atoms with Gasteiger partial charge >= 0.3 is 0 Å². The zero-order chi connectivity index (χ0) is 82.7. The lowest BCUT2D eigenvalue weighted by atomic mass is 9.87. The number of rotatable bonds is 14. The fraction of sp³-hybridized carbons (Fsp3) is 0.234. The molecule has 119 heavy (non-hydrogen) atoms. The first-order valence-corrected chi connectivity index (χ1v) is 42.4. The first kappa shape index (κ1) is 77.2. The number of hydrogen-bond acceptors (Lipinski definition) is 7. The molecule has 0 radical (unpaired) electrons. The largest absolute Gasteiger partial charge is 0.457 e. The lowest BCUT2D eigenvalue weighted by Crippen LogP contribution is -2.03.